The molecule has 2 aromatic heterocycles. The van der Waals surface area contributed by atoms with Gasteiger partial charge in [-0.15, -0.1) is 0 Å². The van der Waals surface area contributed by atoms with E-state index in [4.69, 9.17) is 0 Å². The molecule has 1 aliphatic heterocycles. The van der Waals surface area contributed by atoms with Crippen LogP contribution in [0.1, 0.15) is 42.1 Å². The van der Waals surface area contributed by atoms with E-state index in [0.29, 0.717) is 6.04 Å². The SMILES string of the molecule is Cn1cc([C@H]2CCCN2c2ncnc3c2CCC3)cn1. The van der Waals surface area contributed by atoms with Crippen LogP contribution < -0.4 is 4.90 Å². The second kappa shape index (κ2) is 4.58. The molecule has 1 aliphatic carbocycles. The Bertz CT molecular complexity index is 633. The number of rotatable bonds is 2. The monoisotopic (exact) mass is 269 g/mol. The molecule has 2 aromatic rings. The first-order valence-corrected chi connectivity index (χ1v) is 7.41. The first-order valence-electron chi connectivity index (χ1n) is 7.41. The predicted octanol–water partition coefficient (Wildman–Crippen LogP) is 2.04. The van der Waals surface area contributed by atoms with Crippen LogP contribution in [0.2, 0.25) is 0 Å². The number of nitrogens with zero attached hydrogens (tertiary/aromatic N) is 5. The molecule has 1 atom stereocenters. The second-order valence-corrected chi connectivity index (χ2v) is 5.77. The van der Waals surface area contributed by atoms with Crippen LogP contribution in [-0.2, 0) is 19.9 Å². The summed E-state index contributed by atoms with van der Waals surface area (Å²) in [6, 6.07) is 0.420. The molecule has 0 spiro atoms. The van der Waals surface area contributed by atoms with E-state index < -0.39 is 0 Å². The number of aryl methyl sites for hydroxylation is 2. The lowest BCUT2D eigenvalue weighted by Gasteiger charge is -2.26. The molecule has 1 saturated heterocycles. The summed E-state index contributed by atoms with van der Waals surface area (Å²) in [5.74, 6) is 1.17. The van der Waals surface area contributed by atoms with E-state index in [1.807, 2.05) is 17.9 Å². The van der Waals surface area contributed by atoms with Crippen molar-refractivity contribution in [3.05, 3.63) is 35.5 Å². The van der Waals surface area contributed by atoms with Crippen molar-refractivity contribution in [1.29, 1.82) is 0 Å². The van der Waals surface area contributed by atoms with Gasteiger partial charge in [-0.3, -0.25) is 4.68 Å². The van der Waals surface area contributed by atoms with E-state index in [-0.39, 0.29) is 0 Å². The minimum Gasteiger partial charge on any atom is -0.349 e. The first kappa shape index (κ1) is 11.9. The Morgan fingerprint density at radius 2 is 2.15 bits per heavy atom. The number of anilines is 1. The molecular weight excluding hydrogens is 250 g/mol. The highest BCUT2D eigenvalue weighted by Crippen LogP contribution is 2.38. The van der Waals surface area contributed by atoms with Crippen molar-refractivity contribution in [3.63, 3.8) is 0 Å². The minimum atomic E-state index is 0.420. The van der Waals surface area contributed by atoms with Crippen molar-refractivity contribution in [2.24, 2.45) is 7.05 Å². The predicted molar refractivity (Wildman–Crippen MR) is 76.6 cm³/mol. The molecule has 104 valence electrons. The fourth-order valence-electron chi connectivity index (χ4n) is 3.57. The van der Waals surface area contributed by atoms with E-state index >= 15 is 0 Å². The number of fused-ring (bicyclic) bond motifs is 1. The van der Waals surface area contributed by atoms with E-state index in [1.165, 1.54) is 41.9 Å². The quantitative estimate of drug-likeness (QED) is 0.837. The van der Waals surface area contributed by atoms with Crippen LogP contribution in [0, 0.1) is 0 Å². The maximum absolute atomic E-state index is 4.60. The average molecular weight is 269 g/mol. The van der Waals surface area contributed by atoms with Crippen LogP contribution in [0.3, 0.4) is 0 Å². The summed E-state index contributed by atoms with van der Waals surface area (Å²) >= 11 is 0. The summed E-state index contributed by atoms with van der Waals surface area (Å²) in [5.41, 5.74) is 3.94. The zero-order valence-electron chi connectivity index (χ0n) is 11.8. The molecule has 0 N–H and O–H groups in total. The van der Waals surface area contributed by atoms with Gasteiger partial charge in [-0.2, -0.15) is 5.10 Å². The van der Waals surface area contributed by atoms with Gasteiger partial charge >= 0.3 is 0 Å². The fraction of sp³-hybridized carbons (Fsp3) is 0.533. The molecular formula is C15H19N5. The zero-order chi connectivity index (χ0) is 13.5. The fourth-order valence-corrected chi connectivity index (χ4v) is 3.57. The van der Waals surface area contributed by atoms with Gasteiger partial charge in [-0.05, 0) is 32.1 Å². The Kier molecular flexibility index (Phi) is 2.72. The summed E-state index contributed by atoms with van der Waals surface area (Å²) < 4.78 is 1.89. The lowest BCUT2D eigenvalue weighted by molar-refractivity contribution is 0.703. The normalized spacial score (nSPS) is 21.4. The van der Waals surface area contributed by atoms with Crippen molar-refractivity contribution in [3.8, 4) is 0 Å². The summed E-state index contributed by atoms with van der Waals surface area (Å²) in [6.07, 6.45) is 11.7. The molecule has 0 amide bonds. The van der Waals surface area contributed by atoms with E-state index in [1.54, 1.807) is 6.33 Å². The van der Waals surface area contributed by atoms with E-state index in [2.05, 4.69) is 26.2 Å². The number of hydrogen-bond acceptors (Lipinski definition) is 4. The van der Waals surface area contributed by atoms with Gasteiger partial charge in [-0.25, -0.2) is 9.97 Å². The highest BCUT2D eigenvalue weighted by molar-refractivity contribution is 5.53. The van der Waals surface area contributed by atoms with Crippen molar-refractivity contribution >= 4 is 5.82 Å². The molecule has 4 rings (SSSR count). The van der Waals surface area contributed by atoms with Crippen LogP contribution in [-0.4, -0.2) is 26.3 Å². The molecule has 0 bridgehead atoms. The minimum absolute atomic E-state index is 0.420. The van der Waals surface area contributed by atoms with Gasteiger partial charge in [0.05, 0.1) is 12.2 Å². The van der Waals surface area contributed by atoms with Crippen molar-refractivity contribution in [2.45, 2.75) is 38.1 Å². The van der Waals surface area contributed by atoms with Crippen LogP contribution in [0.15, 0.2) is 18.7 Å². The molecule has 1 fully saturated rings. The van der Waals surface area contributed by atoms with Gasteiger partial charge in [-0.1, -0.05) is 0 Å². The van der Waals surface area contributed by atoms with Gasteiger partial charge in [0.15, 0.2) is 0 Å². The smallest absolute Gasteiger partial charge is 0.135 e. The summed E-state index contributed by atoms with van der Waals surface area (Å²) in [6.45, 7) is 1.09. The summed E-state index contributed by atoms with van der Waals surface area (Å²) in [7, 11) is 1.98. The van der Waals surface area contributed by atoms with Crippen molar-refractivity contribution < 1.29 is 0 Å². The molecule has 0 saturated carbocycles. The molecule has 5 nitrogen and oxygen atoms in total. The third-order valence-electron chi connectivity index (χ3n) is 4.49. The Morgan fingerprint density at radius 3 is 3.00 bits per heavy atom. The van der Waals surface area contributed by atoms with Gasteiger partial charge in [0.1, 0.15) is 12.1 Å². The first-order chi connectivity index (χ1) is 9.83. The van der Waals surface area contributed by atoms with Crippen LogP contribution in [0.4, 0.5) is 5.82 Å². The average Bonchev–Trinajstić information content (AvgIpc) is 3.17. The zero-order valence-corrected chi connectivity index (χ0v) is 11.8. The number of aromatic nitrogens is 4. The van der Waals surface area contributed by atoms with Crippen LogP contribution in [0.25, 0.3) is 0 Å². The third-order valence-corrected chi connectivity index (χ3v) is 4.49. The highest BCUT2D eigenvalue weighted by atomic mass is 15.3. The third kappa shape index (κ3) is 1.80. The van der Waals surface area contributed by atoms with Gasteiger partial charge in [0.25, 0.3) is 0 Å². The number of hydrogen-bond donors (Lipinski definition) is 0. The largest absolute Gasteiger partial charge is 0.349 e. The Hall–Kier alpha value is -1.91. The van der Waals surface area contributed by atoms with E-state index in [0.717, 1.165) is 19.4 Å². The molecule has 20 heavy (non-hydrogen) atoms. The topological polar surface area (TPSA) is 46.8 Å². The summed E-state index contributed by atoms with van der Waals surface area (Å²) in [4.78, 5) is 11.5. The van der Waals surface area contributed by atoms with Crippen LogP contribution >= 0.6 is 0 Å². The molecule has 0 unspecified atom stereocenters. The molecule has 0 aromatic carbocycles. The molecule has 2 aliphatic rings. The highest BCUT2D eigenvalue weighted by Gasteiger charge is 2.31. The van der Waals surface area contributed by atoms with E-state index in [9.17, 15) is 0 Å². The van der Waals surface area contributed by atoms with Crippen molar-refractivity contribution in [2.75, 3.05) is 11.4 Å². The summed E-state index contributed by atoms with van der Waals surface area (Å²) in [5, 5.41) is 4.32. The van der Waals surface area contributed by atoms with Crippen LogP contribution in [0.5, 0.6) is 0 Å². The standard InChI is InChI=1S/C15H19N5/c1-19-9-11(8-18-19)14-6-3-7-20(14)15-12-4-2-5-13(12)16-10-17-15/h8-10,14H,2-7H2,1H3/t14-/m1/s1. The molecule has 5 heteroatoms. The lowest BCUT2D eigenvalue weighted by Crippen LogP contribution is -2.24. The van der Waals surface area contributed by atoms with Gasteiger partial charge in [0.2, 0.25) is 0 Å². The molecule has 3 heterocycles. The van der Waals surface area contributed by atoms with Gasteiger partial charge in [0, 0.05) is 36.6 Å². The van der Waals surface area contributed by atoms with Gasteiger partial charge < -0.3 is 4.90 Å². The Balaban J connectivity index is 1.72. The van der Waals surface area contributed by atoms with Crippen molar-refractivity contribution in [1.82, 2.24) is 19.7 Å². The second-order valence-electron chi connectivity index (χ2n) is 5.77. The Labute approximate surface area is 118 Å². The maximum atomic E-state index is 4.60. The maximum Gasteiger partial charge on any atom is 0.135 e. The molecule has 0 radical (unpaired) electrons. The Morgan fingerprint density at radius 1 is 1.20 bits per heavy atom. The lowest BCUT2D eigenvalue weighted by atomic mass is 10.1.